The van der Waals surface area contributed by atoms with Gasteiger partial charge in [0, 0.05) is 16.2 Å². The van der Waals surface area contributed by atoms with Gasteiger partial charge in [0.25, 0.3) is 5.91 Å². The molecule has 0 unspecified atom stereocenters. The van der Waals surface area contributed by atoms with Crippen LogP contribution in [-0.2, 0) is 11.2 Å². The smallest absolute Gasteiger partial charge is 0.340 e. The lowest BCUT2D eigenvalue weighted by molar-refractivity contribution is 0.0601. The molecule has 0 fully saturated rings. The molecule has 28 heavy (non-hydrogen) atoms. The van der Waals surface area contributed by atoms with Crippen molar-refractivity contribution in [1.82, 2.24) is 0 Å². The van der Waals surface area contributed by atoms with Gasteiger partial charge in [-0.25, -0.2) is 4.79 Å². The molecular weight excluding hydrogens is 370 g/mol. The van der Waals surface area contributed by atoms with Gasteiger partial charge in [-0.1, -0.05) is 48.5 Å². The number of benzene rings is 3. The molecule has 0 aliphatic carbocycles. The molecule has 0 heterocycles. The van der Waals surface area contributed by atoms with Crippen LogP contribution < -0.4 is 5.32 Å². The van der Waals surface area contributed by atoms with Crippen LogP contribution in [0.25, 0.3) is 0 Å². The molecule has 3 aromatic carbocycles. The molecule has 0 aromatic heterocycles. The van der Waals surface area contributed by atoms with E-state index in [1.807, 2.05) is 30.3 Å². The maximum Gasteiger partial charge on any atom is 0.340 e. The van der Waals surface area contributed by atoms with Gasteiger partial charge in [0.1, 0.15) is 0 Å². The Morgan fingerprint density at radius 2 is 1.61 bits per heavy atom. The van der Waals surface area contributed by atoms with Crippen molar-refractivity contribution in [2.45, 2.75) is 11.3 Å². The minimum absolute atomic E-state index is 0.268. The predicted molar refractivity (Wildman–Crippen MR) is 113 cm³/mol. The molecule has 4 nitrogen and oxygen atoms in total. The highest BCUT2D eigenvalue weighted by atomic mass is 32.2. The number of carbonyl (C=O) groups is 2. The molecule has 3 aromatic rings. The van der Waals surface area contributed by atoms with E-state index in [0.717, 1.165) is 17.1 Å². The fraction of sp³-hybridized carbons (Fsp3) is 0.130. The SMILES string of the molecule is COC(=O)c1cc(SCCc2ccccc2)ccc1NC(=O)c1ccccc1. The average Bonchev–Trinajstić information content (AvgIpc) is 2.75. The fourth-order valence-corrected chi connectivity index (χ4v) is 3.66. The van der Waals surface area contributed by atoms with Gasteiger partial charge in [-0.15, -0.1) is 11.8 Å². The number of hydrogen-bond acceptors (Lipinski definition) is 4. The Balaban J connectivity index is 1.72. The second-order valence-electron chi connectivity index (χ2n) is 6.10. The van der Waals surface area contributed by atoms with Crippen LogP contribution in [0.4, 0.5) is 5.69 Å². The Kier molecular flexibility index (Phi) is 6.87. The number of rotatable bonds is 7. The first kappa shape index (κ1) is 19.7. The van der Waals surface area contributed by atoms with E-state index in [1.165, 1.54) is 12.7 Å². The zero-order valence-corrected chi connectivity index (χ0v) is 16.4. The third-order valence-electron chi connectivity index (χ3n) is 4.18. The first-order valence-corrected chi connectivity index (χ1v) is 9.91. The van der Waals surface area contributed by atoms with Crippen LogP contribution in [0, 0.1) is 0 Å². The summed E-state index contributed by atoms with van der Waals surface area (Å²) in [6.07, 6.45) is 0.936. The Hall–Kier alpha value is -3.05. The number of anilines is 1. The number of hydrogen-bond donors (Lipinski definition) is 1. The number of ether oxygens (including phenoxy) is 1. The van der Waals surface area contributed by atoms with E-state index < -0.39 is 5.97 Å². The minimum atomic E-state index is -0.478. The summed E-state index contributed by atoms with van der Waals surface area (Å²) in [4.78, 5) is 25.6. The minimum Gasteiger partial charge on any atom is -0.465 e. The van der Waals surface area contributed by atoms with Gasteiger partial charge >= 0.3 is 5.97 Å². The van der Waals surface area contributed by atoms with Crippen LogP contribution in [0.3, 0.4) is 0 Å². The van der Waals surface area contributed by atoms with Gasteiger partial charge in [-0.05, 0) is 42.3 Å². The molecule has 3 rings (SSSR count). The summed E-state index contributed by atoms with van der Waals surface area (Å²) in [6, 6.07) is 24.6. The van der Waals surface area contributed by atoms with Crippen LogP contribution in [0.5, 0.6) is 0 Å². The van der Waals surface area contributed by atoms with Gasteiger partial charge in [0.15, 0.2) is 0 Å². The molecule has 0 aliphatic heterocycles. The van der Waals surface area contributed by atoms with E-state index in [-0.39, 0.29) is 5.91 Å². The Morgan fingerprint density at radius 1 is 0.929 bits per heavy atom. The van der Waals surface area contributed by atoms with E-state index in [0.29, 0.717) is 16.8 Å². The van der Waals surface area contributed by atoms with Crippen LogP contribution in [0.1, 0.15) is 26.3 Å². The average molecular weight is 391 g/mol. The maximum absolute atomic E-state index is 12.4. The molecule has 0 bridgehead atoms. The largest absolute Gasteiger partial charge is 0.465 e. The van der Waals surface area contributed by atoms with Crippen LogP contribution in [0.2, 0.25) is 0 Å². The molecule has 1 amide bonds. The van der Waals surface area contributed by atoms with Gasteiger partial charge in [-0.3, -0.25) is 4.79 Å². The summed E-state index contributed by atoms with van der Waals surface area (Å²) in [6.45, 7) is 0. The first-order valence-electron chi connectivity index (χ1n) is 8.93. The monoisotopic (exact) mass is 391 g/mol. The number of esters is 1. The quantitative estimate of drug-likeness (QED) is 0.452. The number of amides is 1. The molecule has 0 atom stereocenters. The fourth-order valence-electron chi connectivity index (χ4n) is 2.72. The lowest BCUT2D eigenvalue weighted by Gasteiger charge is -2.12. The van der Waals surface area contributed by atoms with Gasteiger partial charge in [0.2, 0.25) is 0 Å². The third kappa shape index (κ3) is 5.24. The highest BCUT2D eigenvalue weighted by Gasteiger charge is 2.16. The summed E-state index contributed by atoms with van der Waals surface area (Å²) >= 11 is 1.66. The Morgan fingerprint density at radius 3 is 2.29 bits per heavy atom. The summed E-state index contributed by atoms with van der Waals surface area (Å²) in [5, 5.41) is 2.80. The van der Waals surface area contributed by atoms with Gasteiger partial charge in [0.05, 0.1) is 18.4 Å². The Bertz CT molecular complexity index is 943. The Labute approximate surface area is 168 Å². The van der Waals surface area contributed by atoms with Crippen molar-refractivity contribution in [3.8, 4) is 0 Å². The standard InChI is InChI=1S/C23H21NO3S/c1-27-23(26)20-16-19(28-15-14-17-8-4-2-5-9-17)12-13-21(20)24-22(25)18-10-6-3-7-11-18/h2-13,16H,14-15H2,1H3,(H,24,25). The molecule has 1 N–H and O–H groups in total. The maximum atomic E-state index is 12.4. The predicted octanol–water partition coefficient (Wildman–Crippen LogP) is 5.06. The second-order valence-corrected chi connectivity index (χ2v) is 7.27. The van der Waals surface area contributed by atoms with E-state index in [1.54, 1.807) is 48.2 Å². The summed E-state index contributed by atoms with van der Waals surface area (Å²) < 4.78 is 4.89. The van der Waals surface area contributed by atoms with Crippen molar-refractivity contribution >= 4 is 29.3 Å². The van der Waals surface area contributed by atoms with Crippen molar-refractivity contribution in [1.29, 1.82) is 0 Å². The molecular formula is C23H21NO3S. The number of methoxy groups -OCH3 is 1. The molecule has 0 saturated carbocycles. The van der Waals surface area contributed by atoms with E-state index in [4.69, 9.17) is 4.74 Å². The van der Waals surface area contributed by atoms with E-state index >= 15 is 0 Å². The highest BCUT2D eigenvalue weighted by molar-refractivity contribution is 7.99. The van der Waals surface area contributed by atoms with Crippen molar-refractivity contribution in [3.05, 3.63) is 95.6 Å². The molecule has 5 heteroatoms. The lowest BCUT2D eigenvalue weighted by Crippen LogP contribution is -2.15. The van der Waals surface area contributed by atoms with Gasteiger partial charge in [-0.2, -0.15) is 0 Å². The molecule has 0 spiro atoms. The number of aryl methyl sites for hydroxylation is 1. The summed E-state index contributed by atoms with van der Waals surface area (Å²) in [5.74, 6) is 0.143. The van der Waals surface area contributed by atoms with Crippen LogP contribution in [-0.4, -0.2) is 24.7 Å². The third-order valence-corrected chi connectivity index (χ3v) is 5.18. The van der Waals surface area contributed by atoms with Crippen molar-refractivity contribution < 1.29 is 14.3 Å². The van der Waals surface area contributed by atoms with Crippen LogP contribution >= 0.6 is 11.8 Å². The van der Waals surface area contributed by atoms with E-state index in [9.17, 15) is 9.59 Å². The number of thioether (sulfide) groups is 1. The summed E-state index contributed by atoms with van der Waals surface area (Å²) in [7, 11) is 1.33. The zero-order chi connectivity index (χ0) is 19.8. The zero-order valence-electron chi connectivity index (χ0n) is 15.6. The molecule has 0 aliphatic rings. The highest BCUT2D eigenvalue weighted by Crippen LogP contribution is 2.26. The molecule has 0 radical (unpaired) electrons. The van der Waals surface area contributed by atoms with Crippen LogP contribution in [0.15, 0.2) is 83.8 Å². The molecule has 0 saturated heterocycles. The first-order chi connectivity index (χ1) is 13.7. The lowest BCUT2D eigenvalue weighted by atomic mass is 10.1. The topological polar surface area (TPSA) is 55.4 Å². The van der Waals surface area contributed by atoms with Crippen molar-refractivity contribution in [2.75, 3.05) is 18.2 Å². The normalized spacial score (nSPS) is 10.3. The van der Waals surface area contributed by atoms with E-state index in [2.05, 4.69) is 17.4 Å². The van der Waals surface area contributed by atoms with Crippen molar-refractivity contribution in [3.63, 3.8) is 0 Å². The number of carbonyl (C=O) groups excluding carboxylic acids is 2. The van der Waals surface area contributed by atoms with Gasteiger partial charge < -0.3 is 10.1 Å². The molecule has 142 valence electrons. The number of nitrogens with one attached hydrogen (secondary N) is 1. The summed E-state index contributed by atoms with van der Waals surface area (Å²) in [5.41, 5.74) is 2.58. The van der Waals surface area contributed by atoms with Crippen molar-refractivity contribution in [2.24, 2.45) is 0 Å². The second kappa shape index (κ2) is 9.76.